The summed E-state index contributed by atoms with van der Waals surface area (Å²) in [7, 11) is 0. The highest BCUT2D eigenvalue weighted by molar-refractivity contribution is 5.94. The zero-order valence-corrected chi connectivity index (χ0v) is 17.6. The maximum absolute atomic E-state index is 12.8. The van der Waals surface area contributed by atoms with Crippen LogP contribution in [0.1, 0.15) is 28.7 Å². The first-order valence-corrected chi connectivity index (χ1v) is 10.2. The number of aromatic nitrogens is 4. The summed E-state index contributed by atoms with van der Waals surface area (Å²) in [6, 6.07) is 11.3. The standard InChI is InChI=1S/C22H26N6O2/c1-4-30-19-7-5-18(6-8-19)22(29)27-11-9-26(10-12-27)20-14-21(24-15-23-20)28-17(3)13-16(2)25-28/h5-8,13-15H,4,9-12H2,1-3H3. The highest BCUT2D eigenvalue weighted by Crippen LogP contribution is 2.19. The Labute approximate surface area is 176 Å². The van der Waals surface area contributed by atoms with Crippen LogP contribution in [0.4, 0.5) is 5.82 Å². The van der Waals surface area contributed by atoms with Gasteiger partial charge in [-0.1, -0.05) is 0 Å². The van der Waals surface area contributed by atoms with Crippen LogP contribution >= 0.6 is 0 Å². The van der Waals surface area contributed by atoms with E-state index in [-0.39, 0.29) is 5.91 Å². The normalized spacial score (nSPS) is 14.1. The van der Waals surface area contributed by atoms with Gasteiger partial charge in [0.15, 0.2) is 5.82 Å². The maximum Gasteiger partial charge on any atom is 0.253 e. The third kappa shape index (κ3) is 4.12. The number of carbonyl (C=O) groups is 1. The number of carbonyl (C=O) groups excluding carboxylic acids is 1. The van der Waals surface area contributed by atoms with Crippen LogP contribution in [0.25, 0.3) is 5.82 Å². The number of hydrogen-bond acceptors (Lipinski definition) is 6. The quantitative estimate of drug-likeness (QED) is 0.648. The molecule has 3 heterocycles. The molecule has 4 rings (SSSR count). The Morgan fingerprint density at radius 3 is 2.33 bits per heavy atom. The van der Waals surface area contributed by atoms with E-state index in [0.29, 0.717) is 25.3 Å². The smallest absolute Gasteiger partial charge is 0.253 e. The zero-order chi connectivity index (χ0) is 21.1. The molecule has 3 aromatic rings. The van der Waals surface area contributed by atoms with E-state index < -0.39 is 0 Å². The minimum atomic E-state index is 0.0451. The summed E-state index contributed by atoms with van der Waals surface area (Å²) >= 11 is 0. The predicted molar refractivity (Wildman–Crippen MR) is 114 cm³/mol. The minimum Gasteiger partial charge on any atom is -0.494 e. The molecular formula is C22H26N6O2. The van der Waals surface area contributed by atoms with Gasteiger partial charge in [0.2, 0.25) is 0 Å². The SMILES string of the molecule is CCOc1ccc(C(=O)N2CCN(c3cc(-n4nc(C)cc4C)ncn3)CC2)cc1. The summed E-state index contributed by atoms with van der Waals surface area (Å²) in [6.07, 6.45) is 1.57. The van der Waals surface area contributed by atoms with Crippen LogP contribution in [0.15, 0.2) is 42.7 Å². The van der Waals surface area contributed by atoms with Crippen LogP contribution in [0.2, 0.25) is 0 Å². The van der Waals surface area contributed by atoms with Gasteiger partial charge in [0, 0.05) is 43.5 Å². The number of nitrogens with zero attached hydrogens (tertiary/aromatic N) is 6. The molecule has 1 amide bonds. The number of benzene rings is 1. The summed E-state index contributed by atoms with van der Waals surface area (Å²) in [5.41, 5.74) is 2.66. The fourth-order valence-electron chi connectivity index (χ4n) is 3.67. The first-order chi connectivity index (χ1) is 14.5. The van der Waals surface area contributed by atoms with Gasteiger partial charge in [0.05, 0.1) is 12.3 Å². The second kappa shape index (κ2) is 8.52. The van der Waals surface area contributed by atoms with Gasteiger partial charge in [-0.15, -0.1) is 0 Å². The summed E-state index contributed by atoms with van der Waals surface area (Å²) in [5.74, 6) is 2.42. The van der Waals surface area contributed by atoms with E-state index in [0.717, 1.165) is 41.9 Å². The van der Waals surface area contributed by atoms with Crippen molar-refractivity contribution in [3.05, 3.63) is 59.7 Å². The van der Waals surface area contributed by atoms with Crippen molar-refractivity contribution in [1.82, 2.24) is 24.6 Å². The lowest BCUT2D eigenvalue weighted by atomic mass is 10.1. The van der Waals surface area contributed by atoms with Gasteiger partial charge in [-0.2, -0.15) is 5.10 Å². The minimum absolute atomic E-state index is 0.0451. The van der Waals surface area contributed by atoms with Crippen molar-refractivity contribution in [3.8, 4) is 11.6 Å². The third-order valence-corrected chi connectivity index (χ3v) is 5.17. The van der Waals surface area contributed by atoms with Crippen molar-refractivity contribution in [1.29, 1.82) is 0 Å². The van der Waals surface area contributed by atoms with Crippen molar-refractivity contribution in [2.45, 2.75) is 20.8 Å². The lowest BCUT2D eigenvalue weighted by Crippen LogP contribution is -2.49. The number of hydrogen-bond donors (Lipinski definition) is 0. The van der Waals surface area contributed by atoms with Crippen molar-refractivity contribution in [2.24, 2.45) is 0 Å². The number of amides is 1. The van der Waals surface area contributed by atoms with Gasteiger partial charge in [0.25, 0.3) is 5.91 Å². The second-order valence-corrected chi connectivity index (χ2v) is 7.31. The Hall–Kier alpha value is -3.42. The fourth-order valence-corrected chi connectivity index (χ4v) is 3.67. The van der Waals surface area contributed by atoms with E-state index in [2.05, 4.69) is 20.0 Å². The number of rotatable bonds is 5. The highest BCUT2D eigenvalue weighted by Gasteiger charge is 2.23. The molecule has 156 valence electrons. The van der Waals surface area contributed by atoms with E-state index in [1.54, 1.807) is 6.33 Å². The summed E-state index contributed by atoms with van der Waals surface area (Å²) in [5, 5.41) is 4.50. The highest BCUT2D eigenvalue weighted by atomic mass is 16.5. The first-order valence-electron chi connectivity index (χ1n) is 10.2. The van der Waals surface area contributed by atoms with E-state index in [9.17, 15) is 4.79 Å². The van der Waals surface area contributed by atoms with Crippen molar-refractivity contribution in [3.63, 3.8) is 0 Å². The molecule has 0 saturated carbocycles. The van der Waals surface area contributed by atoms with Gasteiger partial charge in [-0.05, 0) is 51.1 Å². The lowest BCUT2D eigenvalue weighted by Gasteiger charge is -2.35. The van der Waals surface area contributed by atoms with Crippen LogP contribution in [0, 0.1) is 13.8 Å². The summed E-state index contributed by atoms with van der Waals surface area (Å²) < 4.78 is 7.28. The summed E-state index contributed by atoms with van der Waals surface area (Å²) in [6.45, 7) is 9.25. The van der Waals surface area contributed by atoms with Crippen molar-refractivity contribution >= 4 is 11.7 Å². The fraction of sp³-hybridized carbons (Fsp3) is 0.364. The molecule has 0 unspecified atom stereocenters. The molecule has 1 saturated heterocycles. The van der Waals surface area contributed by atoms with E-state index in [1.807, 2.05) is 66.8 Å². The number of piperazine rings is 1. The summed E-state index contributed by atoms with van der Waals surface area (Å²) in [4.78, 5) is 25.7. The average Bonchev–Trinajstić information content (AvgIpc) is 3.12. The van der Waals surface area contributed by atoms with Crippen molar-refractivity contribution < 1.29 is 9.53 Å². The Morgan fingerprint density at radius 1 is 1.00 bits per heavy atom. The molecule has 2 aromatic heterocycles. The van der Waals surface area contributed by atoms with Gasteiger partial charge >= 0.3 is 0 Å². The van der Waals surface area contributed by atoms with Crippen LogP contribution in [-0.2, 0) is 0 Å². The Morgan fingerprint density at radius 2 is 1.70 bits per heavy atom. The lowest BCUT2D eigenvalue weighted by molar-refractivity contribution is 0.0746. The molecule has 1 aromatic carbocycles. The molecule has 0 bridgehead atoms. The van der Waals surface area contributed by atoms with Gasteiger partial charge in [0.1, 0.15) is 17.9 Å². The average molecular weight is 406 g/mol. The molecule has 0 spiro atoms. The predicted octanol–water partition coefficient (Wildman–Crippen LogP) is 2.64. The van der Waals surface area contributed by atoms with Crippen LogP contribution in [0.5, 0.6) is 5.75 Å². The topological polar surface area (TPSA) is 76.4 Å². The Bertz CT molecular complexity index is 1020. The molecule has 1 fully saturated rings. The van der Waals surface area contributed by atoms with Crippen LogP contribution in [-0.4, -0.2) is 63.3 Å². The zero-order valence-electron chi connectivity index (χ0n) is 17.6. The van der Waals surface area contributed by atoms with Crippen LogP contribution < -0.4 is 9.64 Å². The molecule has 0 atom stereocenters. The van der Waals surface area contributed by atoms with E-state index in [4.69, 9.17) is 4.74 Å². The number of ether oxygens (including phenoxy) is 1. The third-order valence-electron chi connectivity index (χ3n) is 5.17. The van der Waals surface area contributed by atoms with Gasteiger partial charge in [-0.25, -0.2) is 14.6 Å². The molecule has 8 nitrogen and oxygen atoms in total. The second-order valence-electron chi connectivity index (χ2n) is 7.31. The molecule has 1 aliphatic heterocycles. The molecule has 0 radical (unpaired) electrons. The van der Waals surface area contributed by atoms with Crippen molar-refractivity contribution in [2.75, 3.05) is 37.7 Å². The Balaban J connectivity index is 1.41. The van der Waals surface area contributed by atoms with E-state index in [1.165, 1.54) is 0 Å². The molecule has 0 N–H and O–H groups in total. The molecule has 0 aliphatic carbocycles. The molecule has 1 aliphatic rings. The molecule has 30 heavy (non-hydrogen) atoms. The maximum atomic E-state index is 12.8. The van der Waals surface area contributed by atoms with E-state index >= 15 is 0 Å². The molecule has 8 heteroatoms. The monoisotopic (exact) mass is 406 g/mol. The number of aryl methyl sites for hydroxylation is 2. The van der Waals surface area contributed by atoms with Crippen LogP contribution in [0.3, 0.4) is 0 Å². The Kier molecular flexibility index (Phi) is 5.65. The van der Waals surface area contributed by atoms with Gasteiger partial charge < -0.3 is 14.5 Å². The number of anilines is 1. The first kappa shape index (κ1) is 19.9. The van der Waals surface area contributed by atoms with Gasteiger partial charge in [-0.3, -0.25) is 4.79 Å². The largest absolute Gasteiger partial charge is 0.494 e. The molecular weight excluding hydrogens is 380 g/mol.